The lowest BCUT2D eigenvalue weighted by atomic mass is 10.0. The Balaban J connectivity index is 2.12. The maximum absolute atomic E-state index is 12.8. The van der Waals surface area contributed by atoms with Gasteiger partial charge in [0.05, 0.1) is 24.5 Å². The number of anilines is 4. The summed E-state index contributed by atoms with van der Waals surface area (Å²) < 4.78 is 10.2. The Morgan fingerprint density at radius 3 is 2.03 bits per heavy atom. The van der Waals surface area contributed by atoms with E-state index in [1.165, 1.54) is 0 Å². The highest BCUT2D eigenvalue weighted by Gasteiger charge is 2.23. The largest absolute Gasteiger partial charge is 0.460 e. The lowest BCUT2D eigenvalue weighted by Gasteiger charge is -2.22. The van der Waals surface area contributed by atoms with Crippen molar-refractivity contribution < 1.29 is 29.3 Å². The number of nitrogens with one attached hydrogen (secondary N) is 2. The first-order valence-corrected chi connectivity index (χ1v) is 9.96. The molecule has 0 heterocycles. The van der Waals surface area contributed by atoms with E-state index in [0.29, 0.717) is 16.9 Å². The van der Waals surface area contributed by atoms with Crippen LogP contribution in [0.3, 0.4) is 0 Å². The van der Waals surface area contributed by atoms with Crippen LogP contribution in [0, 0.1) is 0 Å². The third kappa shape index (κ3) is 5.84. The van der Waals surface area contributed by atoms with Gasteiger partial charge in [0, 0.05) is 22.6 Å². The molecule has 8 heteroatoms. The fourth-order valence-corrected chi connectivity index (χ4v) is 3.12. The number of hydrogen-bond acceptors (Lipinski definition) is 8. The minimum absolute atomic E-state index is 0.152. The molecule has 0 aromatic heterocycles. The Kier molecular flexibility index (Phi) is 8.19. The molecule has 0 fully saturated rings. The summed E-state index contributed by atoms with van der Waals surface area (Å²) in [5.74, 6) is -0.642. The highest BCUT2D eigenvalue weighted by molar-refractivity contribution is 5.98. The molecule has 0 amide bonds. The zero-order chi connectivity index (χ0) is 22.8. The van der Waals surface area contributed by atoms with Crippen molar-refractivity contribution in [3.8, 4) is 0 Å². The van der Waals surface area contributed by atoms with Crippen molar-refractivity contribution in [2.24, 2.45) is 0 Å². The van der Waals surface area contributed by atoms with Crippen molar-refractivity contribution in [3.05, 3.63) is 83.9 Å². The third-order valence-corrected chi connectivity index (χ3v) is 4.57. The molecule has 0 radical (unpaired) electrons. The van der Waals surface area contributed by atoms with Gasteiger partial charge in [-0.05, 0) is 36.4 Å². The van der Waals surface area contributed by atoms with Crippen LogP contribution in [0.25, 0.3) is 0 Å². The Morgan fingerprint density at radius 2 is 1.50 bits per heavy atom. The highest BCUT2D eigenvalue weighted by atomic mass is 16.5. The van der Waals surface area contributed by atoms with Crippen LogP contribution >= 0.6 is 0 Å². The van der Waals surface area contributed by atoms with E-state index < -0.39 is 18.7 Å². The van der Waals surface area contributed by atoms with Crippen LogP contribution in [0.15, 0.2) is 72.8 Å². The smallest absolute Gasteiger partial charge is 0.340 e. The number of hydrogen-bond donors (Lipinski definition) is 4. The van der Waals surface area contributed by atoms with Crippen molar-refractivity contribution in [1.82, 2.24) is 0 Å². The number of benzene rings is 3. The van der Waals surface area contributed by atoms with Crippen molar-refractivity contribution in [1.29, 1.82) is 0 Å². The summed E-state index contributed by atoms with van der Waals surface area (Å²) in [4.78, 5) is 23.8. The molecular weight excluding hydrogens is 412 g/mol. The van der Waals surface area contributed by atoms with Crippen LogP contribution in [0.2, 0.25) is 0 Å². The van der Waals surface area contributed by atoms with Crippen molar-refractivity contribution in [2.75, 3.05) is 30.5 Å². The second kappa shape index (κ2) is 11.5. The van der Waals surface area contributed by atoms with Gasteiger partial charge in [0.25, 0.3) is 6.47 Å². The topological polar surface area (TPSA) is 117 Å². The van der Waals surface area contributed by atoms with Gasteiger partial charge >= 0.3 is 5.97 Å². The Bertz CT molecular complexity index is 1030. The van der Waals surface area contributed by atoms with Gasteiger partial charge in [-0.2, -0.15) is 0 Å². The molecule has 3 aromatic rings. The van der Waals surface area contributed by atoms with Crippen LogP contribution < -0.4 is 10.6 Å². The first-order valence-electron chi connectivity index (χ1n) is 9.96. The predicted octanol–water partition coefficient (Wildman–Crippen LogP) is 3.53. The standard InChI is InChI=1S/C24H24N2O6/c27-11-12-31-24(30)20-14-21(25-17-7-3-1-4-8-17)19(23(15-28)32-16-29)13-22(20)26-18-9-5-2-6-10-18/h1-10,13-14,16,23,25-28H,11-12,15H2. The molecule has 1 atom stereocenters. The fourth-order valence-electron chi connectivity index (χ4n) is 3.12. The summed E-state index contributed by atoms with van der Waals surface area (Å²) >= 11 is 0. The quantitative estimate of drug-likeness (QED) is 0.266. The summed E-state index contributed by atoms with van der Waals surface area (Å²) in [7, 11) is 0. The second-order valence-electron chi connectivity index (χ2n) is 6.73. The van der Waals surface area contributed by atoms with E-state index in [-0.39, 0.29) is 25.2 Å². The third-order valence-electron chi connectivity index (χ3n) is 4.57. The van der Waals surface area contributed by atoms with Crippen LogP contribution in [0.1, 0.15) is 22.0 Å². The molecule has 166 valence electrons. The minimum atomic E-state index is -0.961. The normalized spacial score (nSPS) is 11.3. The van der Waals surface area contributed by atoms with Gasteiger partial charge in [-0.15, -0.1) is 0 Å². The van der Waals surface area contributed by atoms with E-state index in [1.54, 1.807) is 12.1 Å². The lowest BCUT2D eigenvalue weighted by Crippen LogP contribution is -2.15. The molecule has 0 saturated carbocycles. The number of carbonyl (C=O) groups excluding carboxylic acids is 2. The Labute approximate surface area is 185 Å². The monoisotopic (exact) mass is 436 g/mol. The molecule has 0 saturated heterocycles. The van der Waals surface area contributed by atoms with Crippen LogP contribution in [-0.2, 0) is 14.3 Å². The SMILES string of the molecule is O=COC(CO)c1cc(Nc2ccccc2)c(C(=O)OCCO)cc1Nc1ccccc1. The molecule has 3 rings (SSSR count). The number of aliphatic hydroxyl groups is 2. The summed E-state index contributed by atoms with van der Waals surface area (Å²) in [6.45, 7) is -0.650. The van der Waals surface area contributed by atoms with E-state index in [4.69, 9.17) is 14.6 Å². The van der Waals surface area contributed by atoms with Crippen molar-refractivity contribution in [3.63, 3.8) is 0 Å². The molecule has 3 aromatic carbocycles. The molecule has 0 aliphatic carbocycles. The molecule has 32 heavy (non-hydrogen) atoms. The molecule has 0 aliphatic rings. The molecule has 0 bridgehead atoms. The van der Waals surface area contributed by atoms with Gasteiger partial charge in [-0.3, -0.25) is 4.79 Å². The van der Waals surface area contributed by atoms with Gasteiger partial charge in [0.2, 0.25) is 0 Å². The van der Waals surface area contributed by atoms with E-state index in [2.05, 4.69) is 10.6 Å². The lowest BCUT2D eigenvalue weighted by molar-refractivity contribution is -0.135. The number of ether oxygens (including phenoxy) is 2. The number of aliphatic hydroxyl groups excluding tert-OH is 2. The molecule has 0 spiro atoms. The van der Waals surface area contributed by atoms with Gasteiger partial charge in [0.15, 0.2) is 6.10 Å². The number of esters is 1. The maximum atomic E-state index is 12.8. The zero-order valence-corrected chi connectivity index (χ0v) is 17.2. The van der Waals surface area contributed by atoms with Crippen LogP contribution in [-0.4, -0.2) is 42.5 Å². The average molecular weight is 436 g/mol. The van der Waals surface area contributed by atoms with Gasteiger partial charge < -0.3 is 30.3 Å². The van der Waals surface area contributed by atoms with Crippen molar-refractivity contribution in [2.45, 2.75) is 6.10 Å². The Morgan fingerprint density at radius 1 is 0.906 bits per heavy atom. The summed E-state index contributed by atoms with van der Waals surface area (Å²) in [6.07, 6.45) is -0.961. The Hall–Kier alpha value is -3.88. The number of carbonyl (C=O) groups is 2. The summed E-state index contributed by atoms with van der Waals surface area (Å²) in [5, 5.41) is 25.2. The first kappa shape index (κ1) is 22.8. The molecule has 0 aliphatic heterocycles. The van der Waals surface area contributed by atoms with Crippen molar-refractivity contribution >= 4 is 35.2 Å². The fraction of sp³-hybridized carbons (Fsp3) is 0.167. The van der Waals surface area contributed by atoms with Gasteiger partial charge in [-0.25, -0.2) is 4.79 Å². The molecule has 1 unspecified atom stereocenters. The van der Waals surface area contributed by atoms with E-state index in [1.807, 2.05) is 60.7 Å². The average Bonchev–Trinajstić information content (AvgIpc) is 2.83. The predicted molar refractivity (Wildman–Crippen MR) is 120 cm³/mol. The molecule has 4 N–H and O–H groups in total. The molecule has 8 nitrogen and oxygen atoms in total. The van der Waals surface area contributed by atoms with E-state index in [0.717, 1.165) is 11.4 Å². The van der Waals surface area contributed by atoms with Gasteiger partial charge in [0.1, 0.15) is 6.61 Å². The van der Waals surface area contributed by atoms with E-state index >= 15 is 0 Å². The second-order valence-corrected chi connectivity index (χ2v) is 6.73. The van der Waals surface area contributed by atoms with E-state index in [9.17, 15) is 14.7 Å². The maximum Gasteiger partial charge on any atom is 0.340 e. The summed E-state index contributed by atoms with van der Waals surface area (Å²) in [5.41, 5.74) is 2.95. The molecular formula is C24H24N2O6. The summed E-state index contributed by atoms with van der Waals surface area (Å²) in [6, 6.07) is 21.6. The van der Waals surface area contributed by atoms with Crippen LogP contribution in [0.4, 0.5) is 22.7 Å². The van der Waals surface area contributed by atoms with Gasteiger partial charge in [-0.1, -0.05) is 36.4 Å². The number of para-hydroxylation sites is 2. The first-order chi connectivity index (χ1) is 15.7. The highest BCUT2D eigenvalue weighted by Crippen LogP contribution is 2.35. The van der Waals surface area contributed by atoms with Crippen LogP contribution in [0.5, 0.6) is 0 Å². The zero-order valence-electron chi connectivity index (χ0n) is 17.2. The minimum Gasteiger partial charge on any atom is -0.460 e. The number of rotatable bonds is 11.